The van der Waals surface area contributed by atoms with Crippen LogP contribution in [-0.4, -0.2) is 29.1 Å². The predicted octanol–water partition coefficient (Wildman–Crippen LogP) is 3.35. The van der Waals surface area contributed by atoms with E-state index in [1.54, 1.807) is 11.3 Å². The van der Waals surface area contributed by atoms with E-state index in [2.05, 4.69) is 34.5 Å². The van der Waals surface area contributed by atoms with Crippen LogP contribution in [0.3, 0.4) is 0 Å². The largest absolute Gasteiger partial charge is 0.383 e. The molecule has 0 spiro atoms. The Morgan fingerprint density at radius 1 is 1.21 bits per heavy atom. The lowest BCUT2D eigenvalue weighted by Crippen LogP contribution is -2.45. The Hall–Kier alpha value is -0.900. The van der Waals surface area contributed by atoms with E-state index in [-0.39, 0.29) is 0 Å². The van der Waals surface area contributed by atoms with Crippen LogP contribution in [-0.2, 0) is 5.60 Å². The van der Waals surface area contributed by atoms with E-state index < -0.39 is 5.60 Å². The van der Waals surface area contributed by atoms with Crippen LogP contribution in [0.1, 0.15) is 31.2 Å². The highest BCUT2D eigenvalue weighted by molar-refractivity contribution is 7.17. The first-order valence-electron chi connectivity index (χ1n) is 7.22. The lowest BCUT2D eigenvalue weighted by Gasteiger charge is -2.37. The van der Waals surface area contributed by atoms with E-state index in [4.69, 9.17) is 0 Å². The third-order valence-electron chi connectivity index (χ3n) is 4.89. The Morgan fingerprint density at radius 2 is 2.16 bits per heavy atom. The van der Waals surface area contributed by atoms with Gasteiger partial charge in [0.15, 0.2) is 0 Å². The quantitative estimate of drug-likeness (QED) is 0.861. The number of hydrogen-bond acceptors (Lipinski definition) is 3. The van der Waals surface area contributed by atoms with Crippen molar-refractivity contribution < 1.29 is 5.11 Å². The molecule has 0 saturated carbocycles. The molecule has 0 amide bonds. The van der Waals surface area contributed by atoms with E-state index in [0.29, 0.717) is 6.04 Å². The summed E-state index contributed by atoms with van der Waals surface area (Å²) in [5.41, 5.74) is 0.527. The van der Waals surface area contributed by atoms with Crippen molar-refractivity contribution in [3.05, 3.63) is 35.2 Å². The lowest BCUT2D eigenvalue weighted by atomic mass is 9.82. The van der Waals surface area contributed by atoms with Crippen molar-refractivity contribution in [1.29, 1.82) is 0 Å². The molecular weight excluding hydrogens is 254 g/mol. The van der Waals surface area contributed by atoms with E-state index in [1.165, 1.54) is 22.9 Å². The number of piperidine rings is 1. The van der Waals surface area contributed by atoms with Crippen molar-refractivity contribution in [1.82, 2.24) is 4.90 Å². The Labute approximate surface area is 117 Å². The highest BCUT2D eigenvalue weighted by Gasteiger charge is 2.48. The number of benzene rings is 1. The maximum Gasteiger partial charge on any atom is 0.108 e. The smallest absolute Gasteiger partial charge is 0.108 e. The molecule has 0 bridgehead atoms. The Balaban J connectivity index is 1.84. The molecule has 2 unspecified atom stereocenters. The fourth-order valence-corrected chi connectivity index (χ4v) is 4.92. The van der Waals surface area contributed by atoms with Gasteiger partial charge in [-0.1, -0.05) is 24.6 Å². The van der Waals surface area contributed by atoms with Crippen LogP contribution in [0.25, 0.3) is 10.1 Å². The first-order chi connectivity index (χ1) is 9.29. The minimum atomic E-state index is -0.634. The van der Waals surface area contributed by atoms with Crippen LogP contribution in [0.15, 0.2) is 29.6 Å². The monoisotopic (exact) mass is 273 g/mol. The van der Waals surface area contributed by atoms with Crippen LogP contribution >= 0.6 is 11.3 Å². The zero-order valence-electron chi connectivity index (χ0n) is 11.0. The second kappa shape index (κ2) is 4.30. The summed E-state index contributed by atoms with van der Waals surface area (Å²) in [6.07, 6.45) is 4.56. The number of rotatable bonds is 1. The van der Waals surface area contributed by atoms with Gasteiger partial charge in [0.05, 0.1) is 0 Å². The molecule has 2 fully saturated rings. The van der Waals surface area contributed by atoms with Gasteiger partial charge in [-0.15, -0.1) is 11.3 Å². The predicted molar refractivity (Wildman–Crippen MR) is 79.6 cm³/mol. The number of nitrogens with zero attached hydrogens (tertiary/aromatic N) is 1. The van der Waals surface area contributed by atoms with Crippen LogP contribution in [0.2, 0.25) is 0 Å². The van der Waals surface area contributed by atoms with Gasteiger partial charge < -0.3 is 5.11 Å². The van der Waals surface area contributed by atoms with E-state index in [1.807, 2.05) is 0 Å². The first kappa shape index (κ1) is 11.9. The molecule has 100 valence electrons. The Kier molecular flexibility index (Phi) is 2.69. The van der Waals surface area contributed by atoms with Crippen LogP contribution < -0.4 is 0 Å². The van der Waals surface area contributed by atoms with Gasteiger partial charge in [-0.2, -0.15) is 0 Å². The van der Waals surface area contributed by atoms with Crippen LogP contribution in [0.4, 0.5) is 0 Å². The second-order valence-corrected chi connectivity index (χ2v) is 6.78. The minimum Gasteiger partial charge on any atom is -0.383 e. The van der Waals surface area contributed by atoms with Crippen LogP contribution in [0, 0.1) is 0 Å². The number of hydrogen-bond donors (Lipinski definition) is 1. The fourth-order valence-electron chi connectivity index (χ4n) is 3.93. The van der Waals surface area contributed by atoms with Gasteiger partial charge in [-0.05, 0) is 42.6 Å². The maximum atomic E-state index is 11.3. The van der Waals surface area contributed by atoms with Gasteiger partial charge in [0.2, 0.25) is 0 Å². The zero-order valence-corrected chi connectivity index (χ0v) is 11.8. The van der Waals surface area contributed by atoms with Gasteiger partial charge in [0.1, 0.15) is 5.60 Å². The number of aliphatic hydroxyl groups is 1. The average Bonchev–Trinajstić information content (AvgIpc) is 3.05. The molecule has 0 radical (unpaired) electrons. The molecule has 2 atom stereocenters. The molecule has 2 aliphatic heterocycles. The second-order valence-electron chi connectivity index (χ2n) is 5.87. The standard InChI is InChI=1S/C16H19NOS/c18-16(8-10-17-9-2-1-6-14(16)17)13-5-3-4-12-7-11-19-15(12)13/h3-5,7,11,14,18H,1-2,6,8-10H2. The summed E-state index contributed by atoms with van der Waals surface area (Å²) in [4.78, 5) is 2.50. The van der Waals surface area contributed by atoms with Gasteiger partial charge in [0.25, 0.3) is 0 Å². The highest BCUT2D eigenvalue weighted by atomic mass is 32.1. The molecule has 3 heteroatoms. The number of thiophene rings is 1. The molecule has 0 aliphatic carbocycles. The number of fused-ring (bicyclic) bond motifs is 2. The summed E-state index contributed by atoms with van der Waals surface area (Å²) < 4.78 is 1.28. The summed E-state index contributed by atoms with van der Waals surface area (Å²) in [6.45, 7) is 2.20. The first-order valence-corrected chi connectivity index (χ1v) is 8.10. The highest BCUT2D eigenvalue weighted by Crippen LogP contribution is 2.45. The van der Waals surface area contributed by atoms with Crippen molar-refractivity contribution >= 4 is 21.4 Å². The van der Waals surface area contributed by atoms with Crippen molar-refractivity contribution in [2.75, 3.05) is 13.1 Å². The molecule has 2 aromatic rings. The molecule has 1 aromatic heterocycles. The summed E-state index contributed by atoms with van der Waals surface area (Å²) in [6, 6.07) is 8.85. The topological polar surface area (TPSA) is 23.5 Å². The third-order valence-corrected chi connectivity index (χ3v) is 5.85. The van der Waals surface area contributed by atoms with Gasteiger partial charge in [-0.3, -0.25) is 4.90 Å². The SMILES string of the molecule is OC1(c2cccc3ccsc23)CCN2CCCCC21. The molecule has 2 nitrogen and oxygen atoms in total. The van der Waals surface area contributed by atoms with Gasteiger partial charge in [-0.25, -0.2) is 0 Å². The minimum absolute atomic E-state index is 0.328. The Morgan fingerprint density at radius 3 is 3.11 bits per heavy atom. The fraction of sp³-hybridized carbons (Fsp3) is 0.500. The molecule has 1 aromatic carbocycles. The van der Waals surface area contributed by atoms with Crippen molar-refractivity contribution in [2.24, 2.45) is 0 Å². The molecular formula is C16H19NOS. The summed E-state index contributed by atoms with van der Waals surface area (Å²) in [5.74, 6) is 0. The molecule has 2 aliphatic rings. The van der Waals surface area contributed by atoms with Crippen LogP contribution in [0.5, 0.6) is 0 Å². The lowest BCUT2D eigenvalue weighted by molar-refractivity contribution is -0.0124. The van der Waals surface area contributed by atoms with Gasteiger partial charge in [0, 0.05) is 22.8 Å². The normalized spacial score (nSPS) is 31.7. The maximum absolute atomic E-state index is 11.3. The van der Waals surface area contributed by atoms with E-state index in [9.17, 15) is 5.11 Å². The summed E-state index contributed by atoms with van der Waals surface area (Å²) in [7, 11) is 0. The van der Waals surface area contributed by atoms with Crippen molar-refractivity contribution in [3.63, 3.8) is 0 Å². The average molecular weight is 273 g/mol. The molecule has 1 N–H and O–H groups in total. The zero-order chi connectivity index (χ0) is 12.9. The summed E-state index contributed by atoms with van der Waals surface area (Å²) >= 11 is 1.76. The molecule has 4 rings (SSSR count). The Bertz CT molecular complexity index is 608. The molecule has 2 saturated heterocycles. The van der Waals surface area contributed by atoms with Crippen molar-refractivity contribution in [3.8, 4) is 0 Å². The molecule has 19 heavy (non-hydrogen) atoms. The molecule has 3 heterocycles. The van der Waals surface area contributed by atoms with Crippen molar-refractivity contribution in [2.45, 2.75) is 37.3 Å². The van der Waals surface area contributed by atoms with E-state index in [0.717, 1.165) is 31.5 Å². The third kappa shape index (κ3) is 1.69. The van der Waals surface area contributed by atoms with Gasteiger partial charge >= 0.3 is 0 Å². The summed E-state index contributed by atoms with van der Waals surface area (Å²) in [5, 5.41) is 14.7. The van der Waals surface area contributed by atoms with E-state index >= 15 is 0 Å².